The van der Waals surface area contributed by atoms with Crippen LogP contribution in [0.1, 0.15) is 24.2 Å². The Kier molecular flexibility index (Phi) is 3.39. The van der Waals surface area contributed by atoms with E-state index in [-0.39, 0.29) is 17.8 Å². The first-order valence-electron chi connectivity index (χ1n) is 6.69. The number of non-ortho nitro benzene ring substituents is 1. The molecule has 0 saturated carbocycles. The SMILES string of the molecule is C[C@H]1N=C(c2ccc([N+](=O)[O-])cc2)O[C@@H]1c1ccccc1. The molecule has 2 aromatic carbocycles. The lowest BCUT2D eigenvalue weighted by atomic mass is 10.0. The first-order chi connectivity index (χ1) is 10.1. The summed E-state index contributed by atoms with van der Waals surface area (Å²) in [6.45, 7) is 2.00. The van der Waals surface area contributed by atoms with Crippen LogP contribution in [0.4, 0.5) is 5.69 Å². The van der Waals surface area contributed by atoms with Gasteiger partial charge in [0.25, 0.3) is 5.69 Å². The second-order valence-corrected chi connectivity index (χ2v) is 4.93. The molecule has 0 saturated heterocycles. The summed E-state index contributed by atoms with van der Waals surface area (Å²) in [5.41, 5.74) is 1.89. The molecule has 2 atom stereocenters. The fourth-order valence-corrected chi connectivity index (χ4v) is 2.36. The van der Waals surface area contributed by atoms with Gasteiger partial charge in [0.15, 0.2) is 0 Å². The van der Waals surface area contributed by atoms with Gasteiger partial charge >= 0.3 is 0 Å². The van der Waals surface area contributed by atoms with Crippen LogP contribution in [0, 0.1) is 10.1 Å². The molecule has 5 nitrogen and oxygen atoms in total. The third kappa shape index (κ3) is 2.63. The predicted octanol–water partition coefficient (Wildman–Crippen LogP) is 3.50. The minimum Gasteiger partial charge on any atom is -0.467 e. The van der Waals surface area contributed by atoms with E-state index in [0.717, 1.165) is 11.1 Å². The van der Waals surface area contributed by atoms with Crippen LogP contribution in [0.5, 0.6) is 0 Å². The molecule has 5 heteroatoms. The Balaban J connectivity index is 1.82. The highest BCUT2D eigenvalue weighted by Gasteiger charge is 2.29. The fraction of sp³-hybridized carbons (Fsp3) is 0.188. The molecular formula is C16H14N2O3. The van der Waals surface area contributed by atoms with Gasteiger partial charge < -0.3 is 4.74 Å². The third-order valence-corrected chi connectivity index (χ3v) is 3.45. The highest BCUT2D eigenvalue weighted by atomic mass is 16.6. The number of hydrogen-bond acceptors (Lipinski definition) is 4. The van der Waals surface area contributed by atoms with Gasteiger partial charge in [0, 0.05) is 17.7 Å². The van der Waals surface area contributed by atoms with Crippen LogP contribution in [-0.2, 0) is 4.74 Å². The largest absolute Gasteiger partial charge is 0.467 e. The van der Waals surface area contributed by atoms with Crippen molar-refractivity contribution < 1.29 is 9.66 Å². The van der Waals surface area contributed by atoms with Crippen molar-refractivity contribution in [2.75, 3.05) is 0 Å². The van der Waals surface area contributed by atoms with Crippen molar-refractivity contribution in [2.45, 2.75) is 19.1 Å². The summed E-state index contributed by atoms with van der Waals surface area (Å²) in [5, 5.41) is 10.7. The maximum atomic E-state index is 10.7. The molecule has 2 aromatic rings. The average molecular weight is 282 g/mol. The van der Waals surface area contributed by atoms with Crippen LogP contribution >= 0.6 is 0 Å². The van der Waals surface area contributed by atoms with Crippen LogP contribution in [0.15, 0.2) is 59.6 Å². The molecule has 0 fully saturated rings. The Labute approximate surface area is 122 Å². The third-order valence-electron chi connectivity index (χ3n) is 3.45. The Morgan fingerprint density at radius 2 is 1.76 bits per heavy atom. The van der Waals surface area contributed by atoms with Crippen molar-refractivity contribution in [1.29, 1.82) is 0 Å². The minimum atomic E-state index is -0.420. The number of nitro benzene ring substituents is 1. The van der Waals surface area contributed by atoms with E-state index in [2.05, 4.69) is 4.99 Å². The summed E-state index contributed by atoms with van der Waals surface area (Å²) >= 11 is 0. The number of nitrogens with zero attached hydrogens (tertiary/aromatic N) is 2. The molecule has 21 heavy (non-hydrogen) atoms. The molecule has 1 aliphatic rings. The van der Waals surface area contributed by atoms with Crippen molar-refractivity contribution >= 4 is 11.6 Å². The molecule has 0 amide bonds. The first kappa shape index (κ1) is 13.3. The normalized spacial score (nSPS) is 20.7. The summed E-state index contributed by atoms with van der Waals surface area (Å²) in [6.07, 6.45) is -0.114. The van der Waals surface area contributed by atoms with E-state index in [9.17, 15) is 10.1 Å². The van der Waals surface area contributed by atoms with Crippen LogP contribution < -0.4 is 0 Å². The lowest BCUT2D eigenvalue weighted by Gasteiger charge is -2.14. The van der Waals surface area contributed by atoms with E-state index in [0.29, 0.717) is 5.90 Å². The molecule has 1 aliphatic heterocycles. The smallest absolute Gasteiger partial charge is 0.269 e. The monoisotopic (exact) mass is 282 g/mol. The second-order valence-electron chi connectivity index (χ2n) is 4.93. The maximum absolute atomic E-state index is 10.7. The van der Waals surface area contributed by atoms with Crippen molar-refractivity contribution in [1.82, 2.24) is 0 Å². The number of aliphatic imine (C=N–C) groups is 1. The van der Waals surface area contributed by atoms with Gasteiger partial charge in [0.05, 0.1) is 11.0 Å². The summed E-state index contributed by atoms with van der Waals surface area (Å²) < 4.78 is 5.93. The molecular weight excluding hydrogens is 268 g/mol. The Bertz CT molecular complexity index is 680. The van der Waals surface area contributed by atoms with Gasteiger partial charge in [-0.25, -0.2) is 4.99 Å². The quantitative estimate of drug-likeness (QED) is 0.639. The summed E-state index contributed by atoms with van der Waals surface area (Å²) in [5.74, 6) is 0.534. The van der Waals surface area contributed by atoms with Crippen molar-refractivity contribution in [3.05, 3.63) is 75.8 Å². The lowest BCUT2D eigenvalue weighted by Crippen LogP contribution is -2.10. The highest BCUT2D eigenvalue weighted by molar-refractivity contribution is 5.95. The van der Waals surface area contributed by atoms with Crippen LogP contribution in [-0.4, -0.2) is 16.9 Å². The van der Waals surface area contributed by atoms with Crippen molar-refractivity contribution in [2.24, 2.45) is 4.99 Å². The number of rotatable bonds is 3. The minimum absolute atomic E-state index is 0.0117. The molecule has 1 heterocycles. The zero-order valence-corrected chi connectivity index (χ0v) is 11.5. The van der Waals surface area contributed by atoms with Gasteiger partial charge in [-0.2, -0.15) is 0 Å². The van der Waals surface area contributed by atoms with E-state index >= 15 is 0 Å². The molecule has 0 radical (unpaired) electrons. The Hall–Kier alpha value is -2.69. The van der Waals surface area contributed by atoms with Gasteiger partial charge in [-0.05, 0) is 24.6 Å². The first-order valence-corrected chi connectivity index (χ1v) is 6.69. The van der Waals surface area contributed by atoms with Gasteiger partial charge in [-0.3, -0.25) is 10.1 Å². The molecule has 0 N–H and O–H groups in total. The maximum Gasteiger partial charge on any atom is 0.269 e. The second kappa shape index (κ2) is 5.36. The predicted molar refractivity (Wildman–Crippen MR) is 79.4 cm³/mol. The zero-order chi connectivity index (χ0) is 14.8. The van der Waals surface area contributed by atoms with Crippen molar-refractivity contribution in [3.63, 3.8) is 0 Å². The number of nitro groups is 1. The Morgan fingerprint density at radius 3 is 2.38 bits per heavy atom. The van der Waals surface area contributed by atoms with Crippen LogP contribution in [0.3, 0.4) is 0 Å². The molecule has 0 aromatic heterocycles. The highest BCUT2D eigenvalue weighted by Crippen LogP contribution is 2.30. The van der Waals surface area contributed by atoms with E-state index < -0.39 is 4.92 Å². The van der Waals surface area contributed by atoms with Crippen LogP contribution in [0.2, 0.25) is 0 Å². The van der Waals surface area contributed by atoms with Gasteiger partial charge in [0.2, 0.25) is 5.90 Å². The number of hydrogen-bond donors (Lipinski definition) is 0. The molecule has 106 valence electrons. The zero-order valence-electron chi connectivity index (χ0n) is 11.5. The standard InChI is InChI=1S/C16H14N2O3/c1-11-15(12-5-3-2-4-6-12)21-16(17-11)13-7-9-14(10-8-13)18(19)20/h2-11,15H,1H3/t11-,15+/m1/s1. The number of ether oxygens (including phenoxy) is 1. The molecule has 0 bridgehead atoms. The molecule has 3 rings (SSSR count). The van der Waals surface area contributed by atoms with E-state index in [1.54, 1.807) is 12.1 Å². The summed E-state index contributed by atoms with van der Waals surface area (Å²) in [4.78, 5) is 14.8. The van der Waals surface area contributed by atoms with Crippen LogP contribution in [0.25, 0.3) is 0 Å². The molecule has 0 unspecified atom stereocenters. The summed E-state index contributed by atoms with van der Waals surface area (Å²) in [7, 11) is 0. The molecule has 0 aliphatic carbocycles. The number of benzene rings is 2. The van der Waals surface area contributed by atoms with Gasteiger partial charge in [-0.1, -0.05) is 30.3 Å². The average Bonchev–Trinajstić information content (AvgIpc) is 2.90. The van der Waals surface area contributed by atoms with Gasteiger partial charge in [-0.15, -0.1) is 0 Å². The topological polar surface area (TPSA) is 64.7 Å². The molecule has 0 spiro atoms. The summed E-state index contributed by atoms with van der Waals surface area (Å²) in [6, 6.07) is 16.2. The fourth-order valence-electron chi connectivity index (χ4n) is 2.36. The van der Waals surface area contributed by atoms with E-state index in [4.69, 9.17) is 4.74 Å². The Morgan fingerprint density at radius 1 is 1.10 bits per heavy atom. The van der Waals surface area contributed by atoms with Crippen molar-refractivity contribution in [3.8, 4) is 0 Å². The van der Waals surface area contributed by atoms with E-state index in [1.807, 2.05) is 37.3 Å². The van der Waals surface area contributed by atoms with Gasteiger partial charge in [0.1, 0.15) is 6.10 Å². The lowest BCUT2D eigenvalue weighted by molar-refractivity contribution is -0.384. The van der Waals surface area contributed by atoms with E-state index in [1.165, 1.54) is 12.1 Å².